The lowest BCUT2D eigenvalue weighted by Crippen LogP contribution is -2.30. The molecule has 0 N–H and O–H groups in total. The lowest BCUT2D eigenvalue weighted by atomic mass is 10.1. The minimum absolute atomic E-state index is 0.172. The van der Waals surface area contributed by atoms with Gasteiger partial charge >= 0.3 is 0 Å². The van der Waals surface area contributed by atoms with Crippen molar-refractivity contribution in [2.75, 3.05) is 0 Å². The summed E-state index contributed by atoms with van der Waals surface area (Å²) in [5, 5.41) is 0. The fraction of sp³-hybridized carbons (Fsp3) is 0.595. The van der Waals surface area contributed by atoms with Gasteiger partial charge in [-0.1, -0.05) is 114 Å². The Bertz CT molecular complexity index is 988. The molecule has 0 aliphatic carbocycles. The third-order valence-corrected chi connectivity index (χ3v) is 7.35. The molecule has 222 valence electrons. The topological polar surface area (TPSA) is 46.1 Å². The van der Waals surface area contributed by atoms with Crippen molar-refractivity contribution in [1.29, 1.82) is 0 Å². The maximum absolute atomic E-state index is 13.0. The molecule has 2 heterocycles. The number of unbranched alkanes of at least 4 members (excludes halogenated alkanes) is 16. The van der Waals surface area contributed by atoms with Gasteiger partial charge in [0.1, 0.15) is 0 Å². The van der Waals surface area contributed by atoms with Gasteiger partial charge in [-0.25, -0.2) is 0 Å². The van der Waals surface area contributed by atoms with Crippen molar-refractivity contribution < 1.29 is 4.79 Å². The molecule has 2 aromatic rings. The number of hydrogen-bond donors (Lipinski definition) is 0. The van der Waals surface area contributed by atoms with E-state index in [4.69, 9.17) is 0 Å². The van der Waals surface area contributed by atoms with Gasteiger partial charge < -0.3 is 4.90 Å². The number of pyridine rings is 2. The molecule has 0 bridgehead atoms. The van der Waals surface area contributed by atoms with Crippen LogP contribution in [0.2, 0.25) is 0 Å². The molecule has 0 saturated heterocycles. The zero-order valence-electron chi connectivity index (χ0n) is 25.7. The average molecular weight is 556 g/mol. The van der Waals surface area contributed by atoms with Gasteiger partial charge in [0.15, 0.2) is 0 Å². The second kappa shape index (κ2) is 24.7. The van der Waals surface area contributed by atoms with Crippen LogP contribution in [0.25, 0.3) is 0 Å². The molecule has 0 radical (unpaired) electrons. The van der Waals surface area contributed by atoms with Gasteiger partial charge in [0.2, 0.25) is 5.91 Å². The number of carbonyl (C=O) groups is 1. The van der Waals surface area contributed by atoms with E-state index < -0.39 is 0 Å². The zero-order chi connectivity index (χ0) is 29.1. The van der Waals surface area contributed by atoms with Crippen LogP contribution in [-0.2, 0) is 17.9 Å². The Morgan fingerprint density at radius 2 is 1.05 bits per heavy atom. The van der Waals surface area contributed by atoms with Crippen LogP contribution in [-0.4, -0.2) is 20.8 Å². The molecule has 4 nitrogen and oxygen atoms in total. The van der Waals surface area contributed by atoms with Crippen LogP contribution in [0.15, 0.2) is 48.8 Å². The van der Waals surface area contributed by atoms with Gasteiger partial charge in [0.05, 0.1) is 24.5 Å². The monoisotopic (exact) mass is 555 g/mol. The van der Waals surface area contributed by atoms with E-state index in [1.807, 2.05) is 41.3 Å². The van der Waals surface area contributed by atoms with E-state index in [1.54, 1.807) is 12.4 Å². The molecule has 0 fully saturated rings. The lowest BCUT2D eigenvalue weighted by molar-refractivity contribution is -0.132. The minimum Gasteiger partial charge on any atom is -0.331 e. The Balaban J connectivity index is 1.46. The van der Waals surface area contributed by atoms with E-state index in [-0.39, 0.29) is 5.91 Å². The number of nitrogens with zero attached hydrogens (tertiary/aromatic N) is 3. The molecule has 1 amide bonds. The maximum Gasteiger partial charge on any atom is 0.223 e. The van der Waals surface area contributed by atoms with Crippen molar-refractivity contribution in [3.63, 3.8) is 0 Å². The third kappa shape index (κ3) is 18.8. The predicted molar refractivity (Wildman–Crippen MR) is 172 cm³/mol. The highest BCUT2D eigenvalue weighted by Crippen LogP contribution is 2.14. The van der Waals surface area contributed by atoms with Crippen molar-refractivity contribution >= 4 is 5.91 Å². The van der Waals surface area contributed by atoms with Crippen LogP contribution in [0.3, 0.4) is 0 Å². The number of rotatable bonds is 22. The number of carbonyl (C=O) groups excluding carboxylic acids is 1. The Hall–Kier alpha value is -3.11. The van der Waals surface area contributed by atoms with E-state index in [0.29, 0.717) is 19.5 Å². The summed E-state index contributed by atoms with van der Waals surface area (Å²) in [4.78, 5) is 23.7. The molecule has 0 aliphatic heterocycles. The predicted octanol–water partition coefficient (Wildman–Crippen LogP) is 9.44. The van der Waals surface area contributed by atoms with E-state index in [1.165, 1.54) is 83.5 Å². The fourth-order valence-electron chi connectivity index (χ4n) is 4.88. The summed E-state index contributed by atoms with van der Waals surface area (Å²) >= 11 is 0. The Morgan fingerprint density at radius 3 is 1.49 bits per heavy atom. The molecule has 41 heavy (non-hydrogen) atoms. The molecular weight excluding hydrogens is 502 g/mol. The molecule has 0 unspecified atom stereocenters. The second-order valence-electron chi connectivity index (χ2n) is 11.0. The summed E-state index contributed by atoms with van der Waals surface area (Å²) in [7, 11) is 0. The van der Waals surface area contributed by atoms with Gasteiger partial charge in [-0.3, -0.25) is 14.8 Å². The van der Waals surface area contributed by atoms with Gasteiger partial charge in [0, 0.05) is 31.7 Å². The highest BCUT2D eigenvalue weighted by molar-refractivity contribution is 5.76. The van der Waals surface area contributed by atoms with Crippen LogP contribution in [0, 0.1) is 23.7 Å². The summed E-state index contributed by atoms with van der Waals surface area (Å²) in [6.07, 6.45) is 26.4. The molecule has 2 aromatic heterocycles. The van der Waals surface area contributed by atoms with E-state index >= 15 is 0 Å². The van der Waals surface area contributed by atoms with E-state index in [2.05, 4.69) is 40.6 Å². The number of aromatic nitrogens is 2. The Kier molecular flexibility index (Phi) is 20.5. The largest absolute Gasteiger partial charge is 0.331 e. The summed E-state index contributed by atoms with van der Waals surface area (Å²) in [6, 6.07) is 11.7. The van der Waals surface area contributed by atoms with Crippen molar-refractivity contribution in [3.8, 4) is 23.7 Å². The first-order valence-electron chi connectivity index (χ1n) is 16.3. The van der Waals surface area contributed by atoms with E-state index in [0.717, 1.165) is 43.5 Å². The highest BCUT2D eigenvalue weighted by atomic mass is 16.2. The molecule has 0 aliphatic rings. The Labute approximate surface area is 251 Å². The van der Waals surface area contributed by atoms with Gasteiger partial charge in [-0.15, -0.1) is 0 Å². The van der Waals surface area contributed by atoms with Crippen molar-refractivity contribution in [2.45, 2.75) is 142 Å². The quantitative estimate of drug-likeness (QED) is 0.107. The summed E-state index contributed by atoms with van der Waals surface area (Å²) < 4.78 is 0. The first-order chi connectivity index (χ1) is 20.3. The van der Waals surface area contributed by atoms with Gasteiger partial charge in [-0.2, -0.15) is 0 Å². The normalized spacial score (nSPS) is 10.4. The molecule has 0 spiro atoms. The van der Waals surface area contributed by atoms with Crippen molar-refractivity contribution in [3.05, 3.63) is 60.2 Å². The summed E-state index contributed by atoms with van der Waals surface area (Å²) in [5.41, 5.74) is 1.81. The highest BCUT2D eigenvalue weighted by Gasteiger charge is 2.15. The minimum atomic E-state index is 0.172. The number of hydrogen-bond acceptors (Lipinski definition) is 3. The summed E-state index contributed by atoms with van der Waals surface area (Å²) in [5.74, 6) is 12.7. The maximum atomic E-state index is 13.0. The van der Waals surface area contributed by atoms with Crippen LogP contribution >= 0.6 is 0 Å². The SMILES string of the molecule is CCCCCCCCCCCCC#CC#CCCCCCCCCC(=O)N(Cc1ccccn1)Cc1ccccn1. The van der Waals surface area contributed by atoms with Crippen molar-refractivity contribution in [2.24, 2.45) is 0 Å². The summed E-state index contributed by atoms with van der Waals surface area (Å²) in [6.45, 7) is 3.31. The second-order valence-corrected chi connectivity index (χ2v) is 11.0. The molecule has 0 atom stereocenters. The van der Waals surface area contributed by atoms with Crippen LogP contribution in [0.4, 0.5) is 0 Å². The first kappa shape index (κ1) is 34.1. The van der Waals surface area contributed by atoms with Gasteiger partial charge in [0.25, 0.3) is 0 Å². The van der Waals surface area contributed by atoms with Crippen LogP contribution in [0.5, 0.6) is 0 Å². The standard InChI is InChI=1S/C37H53N3O/c1-2-3-4-5-6-7-8-9-10-11-12-13-14-15-16-17-18-19-20-21-22-23-30-37(41)40(33-35-28-24-26-31-38-35)34-36-29-25-27-32-39-36/h24-29,31-32H,2-12,17-23,30,33-34H2,1H3. The smallest absolute Gasteiger partial charge is 0.223 e. The molecule has 4 heteroatoms. The number of amides is 1. The van der Waals surface area contributed by atoms with E-state index in [9.17, 15) is 4.79 Å². The van der Waals surface area contributed by atoms with Crippen molar-refractivity contribution in [1.82, 2.24) is 14.9 Å². The molecule has 0 aromatic carbocycles. The lowest BCUT2D eigenvalue weighted by Gasteiger charge is -2.22. The molecule has 0 saturated carbocycles. The first-order valence-corrected chi connectivity index (χ1v) is 16.3. The van der Waals surface area contributed by atoms with Crippen LogP contribution in [0.1, 0.15) is 140 Å². The zero-order valence-corrected chi connectivity index (χ0v) is 25.7. The molecular formula is C37H53N3O. The average Bonchev–Trinajstić information content (AvgIpc) is 3.00. The van der Waals surface area contributed by atoms with Gasteiger partial charge in [-0.05, 0) is 55.4 Å². The Morgan fingerprint density at radius 1 is 0.610 bits per heavy atom. The fourth-order valence-corrected chi connectivity index (χ4v) is 4.88. The third-order valence-electron chi connectivity index (χ3n) is 7.35. The molecule has 2 rings (SSSR count). The van der Waals surface area contributed by atoms with Crippen LogP contribution < -0.4 is 0 Å².